The minimum absolute atomic E-state index is 0.280. The van der Waals surface area contributed by atoms with E-state index in [1.165, 1.54) is 0 Å². The molecule has 1 aliphatic rings. The smallest absolute Gasteiger partial charge is 0.0904 e. The van der Waals surface area contributed by atoms with E-state index in [-0.39, 0.29) is 6.04 Å². The van der Waals surface area contributed by atoms with Gasteiger partial charge in [-0.3, -0.25) is 0 Å². The molecule has 0 atom stereocenters. The van der Waals surface area contributed by atoms with Crippen molar-refractivity contribution in [3.05, 3.63) is 36.7 Å². The van der Waals surface area contributed by atoms with E-state index in [0.717, 1.165) is 0 Å². The third-order valence-electron chi connectivity index (χ3n) is 1.47. The molecule has 3 heteroatoms. The first-order valence-electron chi connectivity index (χ1n) is 3.17. The summed E-state index contributed by atoms with van der Waals surface area (Å²) in [7, 11) is 0. The van der Waals surface area contributed by atoms with E-state index in [1.807, 2.05) is 18.3 Å². The van der Waals surface area contributed by atoms with Crippen molar-refractivity contribution in [1.82, 2.24) is 15.0 Å². The van der Waals surface area contributed by atoms with Crippen molar-refractivity contribution in [2.45, 2.75) is 6.04 Å². The van der Waals surface area contributed by atoms with Crippen LogP contribution in [-0.2, 0) is 0 Å². The highest BCUT2D eigenvalue weighted by molar-refractivity contribution is 5.19. The van der Waals surface area contributed by atoms with Crippen molar-refractivity contribution in [3.63, 3.8) is 0 Å². The SMILES string of the molecule is C1=CC(n2ccnn2)C=C1. The van der Waals surface area contributed by atoms with Crippen LogP contribution in [-0.4, -0.2) is 15.0 Å². The Morgan fingerprint density at radius 3 is 2.60 bits per heavy atom. The molecule has 0 aromatic carbocycles. The minimum atomic E-state index is 0.280. The van der Waals surface area contributed by atoms with Crippen molar-refractivity contribution < 1.29 is 0 Å². The van der Waals surface area contributed by atoms with Gasteiger partial charge in [0.1, 0.15) is 0 Å². The van der Waals surface area contributed by atoms with Crippen molar-refractivity contribution >= 4 is 0 Å². The van der Waals surface area contributed by atoms with E-state index < -0.39 is 0 Å². The molecule has 0 unspecified atom stereocenters. The molecule has 0 saturated carbocycles. The zero-order chi connectivity index (χ0) is 6.81. The van der Waals surface area contributed by atoms with Crippen LogP contribution in [0.5, 0.6) is 0 Å². The molecule has 0 radical (unpaired) electrons. The summed E-state index contributed by atoms with van der Waals surface area (Å²) in [6.07, 6.45) is 11.7. The van der Waals surface area contributed by atoms with Crippen molar-refractivity contribution in [2.24, 2.45) is 0 Å². The topological polar surface area (TPSA) is 30.7 Å². The summed E-state index contributed by atoms with van der Waals surface area (Å²) in [5, 5.41) is 7.57. The van der Waals surface area contributed by atoms with Crippen LogP contribution in [0.3, 0.4) is 0 Å². The van der Waals surface area contributed by atoms with Crippen molar-refractivity contribution in [2.75, 3.05) is 0 Å². The maximum Gasteiger partial charge on any atom is 0.0904 e. The highest BCUT2D eigenvalue weighted by Gasteiger charge is 2.04. The predicted molar refractivity (Wildman–Crippen MR) is 37.3 cm³/mol. The van der Waals surface area contributed by atoms with Crippen molar-refractivity contribution in [3.8, 4) is 0 Å². The molecule has 0 spiro atoms. The van der Waals surface area contributed by atoms with Crippen LogP contribution in [0.2, 0.25) is 0 Å². The molecule has 3 nitrogen and oxygen atoms in total. The van der Waals surface area contributed by atoms with E-state index in [0.29, 0.717) is 0 Å². The van der Waals surface area contributed by atoms with Crippen LogP contribution in [0.15, 0.2) is 36.7 Å². The maximum absolute atomic E-state index is 3.86. The van der Waals surface area contributed by atoms with E-state index in [4.69, 9.17) is 0 Å². The summed E-state index contributed by atoms with van der Waals surface area (Å²) in [6.45, 7) is 0. The van der Waals surface area contributed by atoms with Gasteiger partial charge in [-0.15, -0.1) is 5.10 Å². The molecule has 0 fully saturated rings. The van der Waals surface area contributed by atoms with Gasteiger partial charge in [-0.1, -0.05) is 29.5 Å². The van der Waals surface area contributed by atoms with E-state index in [2.05, 4.69) is 22.5 Å². The zero-order valence-electron chi connectivity index (χ0n) is 5.38. The van der Waals surface area contributed by atoms with E-state index in [1.54, 1.807) is 10.9 Å². The second-order valence-corrected chi connectivity index (χ2v) is 2.14. The average molecular weight is 133 g/mol. The third kappa shape index (κ3) is 0.757. The molecule has 0 N–H and O–H groups in total. The molecule has 0 aliphatic heterocycles. The van der Waals surface area contributed by atoms with E-state index in [9.17, 15) is 0 Å². The lowest BCUT2D eigenvalue weighted by molar-refractivity contribution is 0.603. The third-order valence-corrected chi connectivity index (χ3v) is 1.47. The summed E-state index contributed by atoms with van der Waals surface area (Å²) in [5.74, 6) is 0. The Hall–Kier alpha value is -1.38. The first kappa shape index (κ1) is 5.41. The van der Waals surface area contributed by atoms with Gasteiger partial charge >= 0.3 is 0 Å². The lowest BCUT2D eigenvalue weighted by Crippen LogP contribution is -2.02. The molecule has 10 heavy (non-hydrogen) atoms. The molecule has 0 amide bonds. The summed E-state index contributed by atoms with van der Waals surface area (Å²) in [6, 6.07) is 0.280. The predicted octanol–water partition coefficient (Wildman–Crippen LogP) is 0.945. The van der Waals surface area contributed by atoms with Crippen LogP contribution >= 0.6 is 0 Å². The summed E-state index contributed by atoms with van der Waals surface area (Å²) < 4.78 is 1.81. The van der Waals surface area contributed by atoms with Gasteiger partial charge in [-0.05, 0) is 0 Å². The van der Waals surface area contributed by atoms with Gasteiger partial charge in [0, 0.05) is 6.20 Å². The van der Waals surface area contributed by atoms with Gasteiger partial charge in [0.05, 0.1) is 12.2 Å². The Bertz CT molecular complexity index is 246. The fraction of sp³-hybridized carbons (Fsp3) is 0.143. The van der Waals surface area contributed by atoms with Crippen molar-refractivity contribution in [1.29, 1.82) is 0 Å². The maximum atomic E-state index is 3.86. The second kappa shape index (κ2) is 2.10. The number of allylic oxidation sites excluding steroid dienone is 4. The van der Waals surface area contributed by atoms with Crippen LogP contribution in [0.25, 0.3) is 0 Å². The van der Waals surface area contributed by atoms with Gasteiger partial charge in [-0.25, -0.2) is 4.68 Å². The summed E-state index contributed by atoms with van der Waals surface area (Å²) >= 11 is 0. The normalized spacial score (nSPS) is 16.8. The average Bonchev–Trinajstić information content (AvgIpc) is 2.59. The first-order chi connectivity index (χ1) is 4.97. The fourth-order valence-corrected chi connectivity index (χ4v) is 0.973. The Kier molecular flexibility index (Phi) is 1.13. The van der Waals surface area contributed by atoms with Gasteiger partial charge in [0.15, 0.2) is 0 Å². The van der Waals surface area contributed by atoms with Crippen LogP contribution < -0.4 is 0 Å². The van der Waals surface area contributed by atoms with E-state index >= 15 is 0 Å². The molecule has 1 aromatic rings. The Morgan fingerprint density at radius 2 is 2.00 bits per heavy atom. The minimum Gasteiger partial charge on any atom is -0.242 e. The monoisotopic (exact) mass is 133 g/mol. The lowest BCUT2D eigenvalue weighted by Gasteiger charge is -2.01. The Labute approximate surface area is 58.7 Å². The molecule has 1 aromatic heterocycles. The Balaban J connectivity index is 2.29. The quantitative estimate of drug-likeness (QED) is 0.571. The number of hydrogen-bond acceptors (Lipinski definition) is 2. The van der Waals surface area contributed by atoms with Gasteiger partial charge in [0.2, 0.25) is 0 Å². The largest absolute Gasteiger partial charge is 0.242 e. The molecule has 0 bridgehead atoms. The standard InChI is InChI=1S/C7H7N3/c1-2-4-7(3-1)10-6-5-8-9-10/h1-7H. The number of rotatable bonds is 1. The Morgan fingerprint density at radius 1 is 1.20 bits per heavy atom. The van der Waals surface area contributed by atoms with Gasteiger partial charge in [0.25, 0.3) is 0 Å². The zero-order valence-corrected chi connectivity index (χ0v) is 5.38. The van der Waals surface area contributed by atoms with Crippen LogP contribution in [0.4, 0.5) is 0 Å². The molecule has 1 heterocycles. The molecular formula is C7H7N3. The fourth-order valence-electron chi connectivity index (χ4n) is 0.973. The number of hydrogen-bond donors (Lipinski definition) is 0. The molecule has 2 rings (SSSR count). The number of aromatic nitrogens is 3. The highest BCUT2D eigenvalue weighted by atomic mass is 15.4. The number of nitrogens with zero attached hydrogens (tertiary/aromatic N) is 3. The summed E-state index contributed by atoms with van der Waals surface area (Å²) in [5.41, 5.74) is 0. The van der Waals surface area contributed by atoms with Crippen LogP contribution in [0, 0.1) is 0 Å². The highest BCUT2D eigenvalue weighted by Crippen LogP contribution is 2.12. The molecule has 0 saturated heterocycles. The van der Waals surface area contributed by atoms with Gasteiger partial charge in [-0.2, -0.15) is 0 Å². The molecule has 50 valence electrons. The summed E-state index contributed by atoms with van der Waals surface area (Å²) in [4.78, 5) is 0. The molecule has 1 aliphatic carbocycles. The second-order valence-electron chi connectivity index (χ2n) is 2.14. The molecular weight excluding hydrogens is 126 g/mol. The lowest BCUT2D eigenvalue weighted by atomic mass is 10.3. The van der Waals surface area contributed by atoms with Gasteiger partial charge < -0.3 is 0 Å². The first-order valence-corrected chi connectivity index (χ1v) is 3.17. The van der Waals surface area contributed by atoms with Crippen LogP contribution in [0.1, 0.15) is 6.04 Å².